The number of anilines is 1. The average molecular weight is 209 g/mol. The van der Waals surface area contributed by atoms with Crippen molar-refractivity contribution in [1.82, 2.24) is 10.2 Å². The van der Waals surface area contributed by atoms with E-state index in [4.69, 9.17) is 5.73 Å². The molecular formula is C10H15N3O2. The van der Waals surface area contributed by atoms with Crippen molar-refractivity contribution >= 4 is 11.8 Å². The Morgan fingerprint density at radius 2 is 2.20 bits per heavy atom. The van der Waals surface area contributed by atoms with Crippen LogP contribution in [0, 0.1) is 0 Å². The van der Waals surface area contributed by atoms with Crippen LogP contribution < -0.4 is 5.73 Å². The lowest BCUT2D eigenvalue weighted by Gasteiger charge is -2.09. The first-order chi connectivity index (χ1) is 7.24. The van der Waals surface area contributed by atoms with Gasteiger partial charge in [-0.1, -0.05) is 12.8 Å². The molecule has 0 saturated heterocycles. The maximum Gasteiger partial charge on any atom is 0.356 e. The van der Waals surface area contributed by atoms with Crippen LogP contribution in [0.15, 0.2) is 0 Å². The summed E-state index contributed by atoms with van der Waals surface area (Å²) in [6.45, 7) is 0. The zero-order valence-corrected chi connectivity index (χ0v) is 8.75. The van der Waals surface area contributed by atoms with E-state index in [1.165, 1.54) is 20.0 Å². The number of esters is 1. The van der Waals surface area contributed by atoms with Gasteiger partial charge in [-0.05, 0) is 18.8 Å². The molecule has 5 heteroatoms. The Hall–Kier alpha value is -1.52. The first-order valence-corrected chi connectivity index (χ1v) is 5.16. The molecule has 1 aromatic heterocycles. The minimum Gasteiger partial charge on any atom is -0.464 e. The number of H-pyrrole nitrogens is 1. The number of aromatic amines is 1. The monoisotopic (exact) mass is 209 g/mol. The number of nitrogen functional groups attached to an aromatic ring is 1. The molecule has 0 spiro atoms. The first kappa shape index (κ1) is 10.0. The van der Waals surface area contributed by atoms with Crippen molar-refractivity contribution in [3.05, 3.63) is 11.3 Å². The molecule has 3 N–H and O–H groups in total. The molecule has 1 fully saturated rings. The number of carbonyl (C=O) groups is 1. The zero-order valence-electron chi connectivity index (χ0n) is 8.75. The van der Waals surface area contributed by atoms with Crippen molar-refractivity contribution in [3.63, 3.8) is 0 Å². The molecular weight excluding hydrogens is 194 g/mol. The summed E-state index contributed by atoms with van der Waals surface area (Å²) in [5, 5.41) is 6.53. The van der Waals surface area contributed by atoms with E-state index in [-0.39, 0.29) is 5.97 Å². The molecule has 1 aliphatic rings. The van der Waals surface area contributed by atoms with Crippen LogP contribution in [0.25, 0.3) is 0 Å². The molecule has 1 aliphatic carbocycles. The van der Waals surface area contributed by atoms with E-state index in [2.05, 4.69) is 14.9 Å². The SMILES string of the molecule is COC(=O)c1[nH]nc(N)c1C1CCCC1. The van der Waals surface area contributed by atoms with Crippen LogP contribution in [0.4, 0.5) is 5.82 Å². The Morgan fingerprint density at radius 1 is 1.53 bits per heavy atom. The number of aromatic nitrogens is 2. The van der Waals surface area contributed by atoms with E-state index in [1.54, 1.807) is 0 Å². The minimum atomic E-state index is -0.388. The maximum absolute atomic E-state index is 11.5. The highest BCUT2D eigenvalue weighted by Gasteiger charge is 2.27. The molecule has 0 amide bonds. The topological polar surface area (TPSA) is 81.0 Å². The summed E-state index contributed by atoms with van der Waals surface area (Å²) in [5.74, 6) is 0.404. The summed E-state index contributed by atoms with van der Waals surface area (Å²) < 4.78 is 4.68. The molecule has 0 unspecified atom stereocenters. The number of hydrogen-bond donors (Lipinski definition) is 2. The van der Waals surface area contributed by atoms with E-state index in [0.29, 0.717) is 17.4 Å². The quantitative estimate of drug-likeness (QED) is 0.722. The van der Waals surface area contributed by atoms with Crippen LogP contribution in [0.1, 0.15) is 47.7 Å². The van der Waals surface area contributed by atoms with E-state index in [9.17, 15) is 4.79 Å². The van der Waals surface area contributed by atoms with Crippen LogP contribution in [-0.2, 0) is 4.74 Å². The molecule has 0 bridgehead atoms. The average Bonchev–Trinajstić information content (AvgIpc) is 2.85. The lowest BCUT2D eigenvalue weighted by molar-refractivity contribution is 0.0592. The molecule has 0 radical (unpaired) electrons. The van der Waals surface area contributed by atoms with Crippen molar-refractivity contribution in [1.29, 1.82) is 0 Å². The fourth-order valence-corrected chi connectivity index (χ4v) is 2.25. The van der Waals surface area contributed by atoms with E-state index in [0.717, 1.165) is 18.4 Å². The number of nitrogens with one attached hydrogen (secondary N) is 1. The van der Waals surface area contributed by atoms with Crippen LogP contribution >= 0.6 is 0 Å². The second kappa shape index (κ2) is 3.92. The van der Waals surface area contributed by atoms with Gasteiger partial charge < -0.3 is 10.5 Å². The lowest BCUT2D eigenvalue weighted by atomic mass is 9.97. The molecule has 1 saturated carbocycles. The van der Waals surface area contributed by atoms with Gasteiger partial charge in [-0.2, -0.15) is 5.10 Å². The number of hydrogen-bond acceptors (Lipinski definition) is 4. The third kappa shape index (κ3) is 1.69. The van der Waals surface area contributed by atoms with Gasteiger partial charge in [0.2, 0.25) is 0 Å². The second-order valence-corrected chi connectivity index (χ2v) is 3.87. The predicted octanol–water partition coefficient (Wildman–Crippen LogP) is 1.44. The highest BCUT2D eigenvalue weighted by molar-refractivity contribution is 5.90. The number of rotatable bonds is 2. The predicted molar refractivity (Wildman–Crippen MR) is 55.5 cm³/mol. The van der Waals surface area contributed by atoms with Gasteiger partial charge in [-0.15, -0.1) is 0 Å². The molecule has 1 heterocycles. The van der Waals surface area contributed by atoms with Crippen LogP contribution in [0.2, 0.25) is 0 Å². The van der Waals surface area contributed by atoms with Gasteiger partial charge in [0.15, 0.2) is 0 Å². The Morgan fingerprint density at radius 3 is 2.80 bits per heavy atom. The number of carbonyl (C=O) groups excluding carboxylic acids is 1. The Kier molecular flexibility index (Phi) is 2.62. The van der Waals surface area contributed by atoms with Crippen LogP contribution in [0.5, 0.6) is 0 Å². The van der Waals surface area contributed by atoms with Gasteiger partial charge >= 0.3 is 5.97 Å². The van der Waals surface area contributed by atoms with Gasteiger partial charge in [-0.25, -0.2) is 4.79 Å². The number of nitrogens with zero attached hydrogens (tertiary/aromatic N) is 1. The summed E-state index contributed by atoms with van der Waals surface area (Å²) in [4.78, 5) is 11.5. The molecule has 0 aliphatic heterocycles. The molecule has 5 nitrogen and oxygen atoms in total. The molecule has 0 aromatic carbocycles. The third-order valence-corrected chi connectivity index (χ3v) is 2.99. The van der Waals surface area contributed by atoms with Crippen molar-refractivity contribution in [2.45, 2.75) is 31.6 Å². The van der Waals surface area contributed by atoms with Gasteiger partial charge in [0.1, 0.15) is 11.5 Å². The van der Waals surface area contributed by atoms with Crippen molar-refractivity contribution in [2.75, 3.05) is 12.8 Å². The zero-order chi connectivity index (χ0) is 10.8. The molecule has 1 aromatic rings. The number of methoxy groups -OCH3 is 1. The second-order valence-electron chi connectivity index (χ2n) is 3.87. The van der Waals surface area contributed by atoms with Gasteiger partial charge in [0, 0.05) is 5.56 Å². The maximum atomic E-state index is 11.5. The minimum absolute atomic E-state index is 0.359. The fraction of sp³-hybridized carbons (Fsp3) is 0.600. The summed E-state index contributed by atoms with van der Waals surface area (Å²) in [6, 6.07) is 0. The standard InChI is InChI=1S/C10H15N3O2/c1-15-10(14)8-7(9(11)13-12-8)6-4-2-3-5-6/h6H,2-5H2,1H3,(H3,11,12,13). The first-order valence-electron chi connectivity index (χ1n) is 5.16. The fourth-order valence-electron chi connectivity index (χ4n) is 2.25. The number of ether oxygens (including phenoxy) is 1. The Bertz CT molecular complexity index is 367. The Balaban J connectivity index is 2.35. The van der Waals surface area contributed by atoms with Crippen LogP contribution in [0.3, 0.4) is 0 Å². The third-order valence-electron chi connectivity index (χ3n) is 2.99. The largest absolute Gasteiger partial charge is 0.464 e. The van der Waals surface area contributed by atoms with Gasteiger partial charge in [-0.3, -0.25) is 5.10 Å². The normalized spacial score (nSPS) is 16.9. The van der Waals surface area contributed by atoms with E-state index >= 15 is 0 Å². The summed E-state index contributed by atoms with van der Waals surface area (Å²) in [5.41, 5.74) is 7.03. The van der Waals surface area contributed by atoms with Crippen molar-refractivity contribution < 1.29 is 9.53 Å². The smallest absolute Gasteiger partial charge is 0.356 e. The number of nitrogens with two attached hydrogens (primary N) is 1. The summed E-state index contributed by atoms with van der Waals surface area (Å²) >= 11 is 0. The van der Waals surface area contributed by atoms with Crippen LogP contribution in [-0.4, -0.2) is 23.3 Å². The Labute approximate surface area is 88.0 Å². The highest BCUT2D eigenvalue weighted by Crippen LogP contribution is 2.37. The van der Waals surface area contributed by atoms with E-state index in [1.807, 2.05) is 0 Å². The summed E-state index contributed by atoms with van der Waals surface area (Å²) in [7, 11) is 1.36. The highest BCUT2D eigenvalue weighted by atomic mass is 16.5. The lowest BCUT2D eigenvalue weighted by Crippen LogP contribution is -2.08. The molecule has 82 valence electrons. The van der Waals surface area contributed by atoms with Crippen molar-refractivity contribution in [3.8, 4) is 0 Å². The van der Waals surface area contributed by atoms with Gasteiger partial charge in [0.05, 0.1) is 7.11 Å². The van der Waals surface area contributed by atoms with Crippen molar-refractivity contribution in [2.24, 2.45) is 0 Å². The molecule has 2 rings (SSSR count). The van der Waals surface area contributed by atoms with Gasteiger partial charge in [0.25, 0.3) is 0 Å². The molecule has 0 atom stereocenters. The summed E-state index contributed by atoms with van der Waals surface area (Å²) in [6.07, 6.45) is 4.53. The molecule has 15 heavy (non-hydrogen) atoms. The van der Waals surface area contributed by atoms with E-state index < -0.39 is 0 Å².